The van der Waals surface area contributed by atoms with E-state index >= 15 is 0 Å². The van der Waals surface area contributed by atoms with Gasteiger partial charge in [-0.15, -0.1) is 0 Å². The predicted octanol–water partition coefficient (Wildman–Crippen LogP) is 0.436. The molecule has 0 heterocycles. The SMILES string of the molecule is CSCCC(NC(=O)C(C)(N)C1CC1)C(=O)O. The van der Waals surface area contributed by atoms with E-state index in [0.717, 1.165) is 12.8 Å². The van der Waals surface area contributed by atoms with Gasteiger partial charge in [0.15, 0.2) is 0 Å². The fraction of sp³-hybridized carbons (Fsp3) is 0.818. The number of hydrogen-bond donors (Lipinski definition) is 3. The molecule has 0 saturated heterocycles. The number of nitrogens with one attached hydrogen (secondary N) is 1. The highest BCUT2D eigenvalue weighted by Crippen LogP contribution is 2.38. The third-order valence-electron chi connectivity index (χ3n) is 3.13. The molecule has 0 radical (unpaired) electrons. The van der Waals surface area contributed by atoms with Gasteiger partial charge in [-0.3, -0.25) is 4.79 Å². The molecule has 1 aliphatic rings. The first-order chi connectivity index (χ1) is 7.89. The van der Waals surface area contributed by atoms with Crippen molar-refractivity contribution in [2.24, 2.45) is 11.7 Å². The van der Waals surface area contributed by atoms with Gasteiger partial charge in [-0.1, -0.05) is 0 Å². The summed E-state index contributed by atoms with van der Waals surface area (Å²) < 4.78 is 0. The van der Waals surface area contributed by atoms with Crippen molar-refractivity contribution in [1.29, 1.82) is 0 Å². The van der Waals surface area contributed by atoms with E-state index in [-0.39, 0.29) is 11.8 Å². The highest BCUT2D eigenvalue weighted by Gasteiger charge is 2.44. The highest BCUT2D eigenvalue weighted by molar-refractivity contribution is 7.98. The second-order valence-corrected chi connectivity index (χ2v) is 5.69. The second-order valence-electron chi connectivity index (χ2n) is 4.70. The fourth-order valence-corrected chi connectivity index (χ4v) is 2.15. The number of thioether (sulfide) groups is 1. The van der Waals surface area contributed by atoms with Crippen LogP contribution < -0.4 is 11.1 Å². The molecule has 2 atom stereocenters. The van der Waals surface area contributed by atoms with Gasteiger partial charge in [0.2, 0.25) is 5.91 Å². The van der Waals surface area contributed by atoms with Crippen LogP contribution in [-0.2, 0) is 9.59 Å². The standard InChI is InChI=1S/C11H20N2O3S/c1-11(12,7-3-4-7)10(16)13-8(9(14)15)5-6-17-2/h7-8H,3-6,12H2,1-2H3,(H,13,16)(H,14,15). The summed E-state index contributed by atoms with van der Waals surface area (Å²) >= 11 is 1.55. The Balaban J connectivity index is 2.53. The molecule has 0 aliphatic heterocycles. The molecule has 0 aromatic rings. The Morgan fingerprint density at radius 3 is 2.59 bits per heavy atom. The third kappa shape index (κ3) is 3.89. The predicted molar refractivity (Wildman–Crippen MR) is 67.9 cm³/mol. The van der Waals surface area contributed by atoms with Crippen LogP contribution in [-0.4, -0.2) is 40.6 Å². The van der Waals surface area contributed by atoms with E-state index in [4.69, 9.17) is 10.8 Å². The van der Waals surface area contributed by atoms with Gasteiger partial charge in [-0.25, -0.2) is 4.79 Å². The lowest BCUT2D eigenvalue weighted by molar-refractivity contribution is -0.142. The normalized spacial score (nSPS) is 20.4. The molecule has 1 rings (SSSR count). The molecule has 1 amide bonds. The van der Waals surface area contributed by atoms with Crippen LogP contribution in [0.15, 0.2) is 0 Å². The Kier molecular flexibility index (Phi) is 4.82. The lowest BCUT2D eigenvalue weighted by Gasteiger charge is -2.25. The van der Waals surface area contributed by atoms with E-state index in [1.54, 1.807) is 18.7 Å². The molecule has 1 fully saturated rings. The van der Waals surface area contributed by atoms with Crippen molar-refractivity contribution in [2.75, 3.05) is 12.0 Å². The van der Waals surface area contributed by atoms with Crippen LogP contribution in [0.25, 0.3) is 0 Å². The first-order valence-electron chi connectivity index (χ1n) is 5.71. The molecule has 2 unspecified atom stereocenters. The van der Waals surface area contributed by atoms with Crippen LogP contribution in [0, 0.1) is 5.92 Å². The zero-order valence-electron chi connectivity index (χ0n) is 10.2. The summed E-state index contributed by atoms with van der Waals surface area (Å²) in [6.07, 6.45) is 4.22. The quantitative estimate of drug-likeness (QED) is 0.617. The lowest BCUT2D eigenvalue weighted by Crippen LogP contribution is -2.57. The molecule has 17 heavy (non-hydrogen) atoms. The number of carbonyl (C=O) groups is 2. The topological polar surface area (TPSA) is 92.4 Å². The van der Waals surface area contributed by atoms with Crippen molar-refractivity contribution in [3.05, 3.63) is 0 Å². The lowest BCUT2D eigenvalue weighted by atomic mass is 9.95. The van der Waals surface area contributed by atoms with E-state index in [1.807, 2.05) is 6.26 Å². The van der Waals surface area contributed by atoms with Gasteiger partial charge in [0.05, 0.1) is 5.54 Å². The van der Waals surface area contributed by atoms with Gasteiger partial charge >= 0.3 is 5.97 Å². The monoisotopic (exact) mass is 260 g/mol. The molecule has 0 aromatic heterocycles. The Bertz CT molecular complexity index is 303. The number of carboxylic acids is 1. The second kappa shape index (κ2) is 5.73. The van der Waals surface area contributed by atoms with E-state index in [2.05, 4.69) is 5.32 Å². The molecule has 5 nitrogen and oxygen atoms in total. The van der Waals surface area contributed by atoms with Gasteiger partial charge in [-0.2, -0.15) is 11.8 Å². The van der Waals surface area contributed by atoms with E-state index in [0.29, 0.717) is 12.2 Å². The van der Waals surface area contributed by atoms with Gasteiger partial charge in [0.25, 0.3) is 0 Å². The zero-order valence-corrected chi connectivity index (χ0v) is 11.0. The maximum absolute atomic E-state index is 11.9. The summed E-state index contributed by atoms with van der Waals surface area (Å²) in [6.45, 7) is 1.67. The van der Waals surface area contributed by atoms with Gasteiger partial charge in [-0.05, 0) is 44.1 Å². The maximum Gasteiger partial charge on any atom is 0.326 e. The Morgan fingerprint density at radius 2 is 2.18 bits per heavy atom. The average Bonchev–Trinajstić information content (AvgIpc) is 3.06. The summed E-state index contributed by atoms with van der Waals surface area (Å²) in [5, 5.41) is 11.5. The van der Waals surface area contributed by atoms with Crippen LogP contribution in [0.1, 0.15) is 26.2 Å². The molecule has 0 bridgehead atoms. The highest BCUT2D eigenvalue weighted by atomic mass is 32.2. The molecule has 1 aliphatic carbocycles. The molecular formula is C11H20N2O3S. The number of amides is 1. The Hall–Kier alpha value is -0.750. The van der Waals surface area contributed by atoms with Crippen LogP contribution in [0.3, 0.4) is 0 Å². The Morgan fingerprint density at radius 1 is 1.59 bits per heavy atom. The van der Waals surface area contributed by atoms with E-state index < -0.39 is 17.6 Å². The summed E-state index contributed by atoms with van der Waals surface area (Å²) in [4.78, 5) is 22.9. The minimum Gasteiger partial charge on any atom is -0.480 e. The van der Waals surface area contributed by atoms with Crippen molar-refractivity contribution in [1.82, 2.24) is 5.32 Å². The summed E-state index contributed by atoms with van der Waals surface area (Å²) in [5.41, 5.74) is 5.00. The van der Waals surface area contributed by atoms with E-state index in [1.165, 1.54) is 0 Å². The van der Waals surface area contributed by atoms with Gasteiger partial charge in [0, 0.05) is 0 Å². The largest absolute Gasteiger partial charge is 0.480 e. The average molecular weight is 260 g/mol. The minimum absolute atomic E-state index is 0.192. The van der Waals surface area contributed by atoms with Crippen LogP contribution in [0.5, 0.6) is 0 Å². The third-order valence-corrected chi connectivity index (χ3v) is 3.77. The molecular weight excluding hydrogens is 240 g/mol. The number of nitrogens with two attached hydrogens (primary N) is 1. The van der Waals surface area contributed by atoms with Gasteiger partial charge < -0.3 is 16.2 Å². The molecule has 0 spiro atoms. The smallest absolute Gasteiger partial charge is 0.326 e. The first-order valence-corrected chi connectivity index (χ1v) is 7.10. The molecule has 4 N–H and O–H groups in total. The maximum atomic E-state index is 11.9. The minimum atomic E-state index is -1.00. The van der Waals surface area contributed by atoms with Gasteiger partial charge in [0.1, 0.15) is 6.04 Å². The number of rotatable bonds is 7. The Labute approximate surface area is 106 Å². The first kappa shape index (κ1) is 14.3. The fourth-order valence-electron chi connectivity index (χ4n) is 1.68. The van der Waals surface area contributed by atoms with Crippen LogP contribution in [0.4, 0.5) is 0 Å². The van der Waals surface area contributed by atoms with Crippen molar-refractivity contribution in [3.63, 3.8) is 0 Å². The number of hydrogen-bond acceptors (Lipinski definition) is 4. The number of carbonyl (C=O) groups excluding carboxylic acids is 1. The van der Waals surface area contributed by atoms with Crippen molar-refractivity contribution < 1.29 is 14.7 Å². The van der Waals surface area contributed by atoms with Crippen LogP contribution in [0.2, 0.25) is 0 Å². The van der Waals surface area contributed by atoms with Crippen molar-refractivity contribution >= 4 is 23.6 Å². The molecule has 0 aromatic carbocycles. The molecule has 1 saturated carbocycles. The van der Waals surface area contributed by atoms with E-state index in [9.17, 15) is 9.59 Å². The van der Waals surface area contributed by atoms with Crippen molar-refractivity contribution in [3.8, 4) is 0 Å². The molecule has 98 valence electrons. The number of carboxylic acid groups (broad SMARTS) is 1. The van der Waals surface area contributed by atoms with Crippen LogP contribution >= 0.6 is 11.8 Å². The summed E-state index contributed by atoms with van der Waals surface area (Å²) in [6, 6.07) is -0.837. The zero-order chi connectivity index (χ0) is 13.1. The summed E-state index contributed by atoms with van der Waals surface area (Å²) in [7, 11) is 0. The molecule has 6 heteroatoms. The number of aliphatic carboxylic acids is 1. The summed E-state index contributed by atoms with van der Waals surface area (Å²) in [5.74, 6) is -0.466. The van der Waals surface area contributed by atoms with Crippen molar-refractivity contribution in [2.45, 2.75) is 37.8 Å².